The molecular formula is C11H14N4S. The van der Waals surface area contributed by atoms with Gasteiger partial charge in [-0.1, -0.05) is 0 Å². The highest BCUT2D eigenvalue weighted by molar-refractivity contribution is 7.09. The minimum Gasteiger partial charge on any atom is -0.305 e. The molecule has 0 bridgehead atoms. The van der Waals surface area contributed by atoms with Crippen LogP contribution in [0.2, 0.25) is 0 Å². The van der Waals surface area contributed by atoms with Crippen LogP contribution in [0.1, 0.15) is 22.1 Å². The van der Waals surface area contributed by atoms with Crippen molar-refractivity contribution in [2.45, 2.75) is 26.9 Å². The van der Waals surface area contributed by atoms with Crippen LogP contribution in [0.4, 0.5) is 0 Å². The lowest BCUT2D eigenvalue weighted by Gasteiger charge is -2.01. The highest BCUT2D eigenvalue weighted by Gasteiger charge is 1.98. The number of aromatic nitrogens is 3. The van der Waals surface area contributed by atoms with Crippen LogP contribution in [0.25, 0.3) is 0 Å². The molecule has 4 nitrogen and oxygen atoms in total. The molecule has 5 heteroatoms. The molecule has 0 saturated heterocycles. The van der Waals surface area contributed by atoms with E-state index in [-0.39, 0.29) is 0 Å². The summed E-state index contributed by atoms with van der Waals surface area (Å²) in [7, 11) is 0. The van der Waals surface area contributed by atoms with E-state index in [1.54, 1.807) is 23.7 Å². The fourth-order valence-electron chi connectivity index (χ4n) is 1.32. The Hall–Kier alpha value is -1.33. The number of aryl methyl sites for hydroxylation is 2. The fourth-order valence-corrected chi connectivity index (χ4v) is 1.93. The van der Waals surface area contributed by atoms with Crippen LogP contribution in [-0.2, 0) is 13.1 Å². The van der Waals surface area contributed by atoms with Gasteiger partial charge in [-0.15, -0.1) is 11.3 Å². The summed E-state index contributed by atoms with van der Waals surface area (Å²) in [4.78, 5) is 12.8. The lowest BCUT2D eigenvalue weighted by atomic mass is 10.4. The Morgan fingerprint density at radius 3 is 2.56 bits per heavy atom. The molecule has 0 unspecified atom stereocenters. The Bertz CT molecular complexity index is 449. The smallest absolute Gasteiger partial charge is 0.0897 e. The van der Waals surface area contributed by atoms with E-state index in [4.69, 9.17) is 0 Å². The maximum Gasteiger partial charge on any atom is 0.0897 e. The molecule has 0 amide bonds. The van der Waals surface area contributed by atoms with Gasteiger partial charge in [-0.05, 0) is 13.8 Å². The molecule has 2 rings (SSSR count). The summed E-state index contributed by atoms with van der Waals surface area (Å²) in [5, 5.41) is 6.47. The number of nitrogens with zero attached hydrogens (tertiary/aromatic N) is 3. The summed E-state index contributed by atoms with van der Waals surface area (Å²) in [6, 6.07) is 0. The summed E-state index contributed by atoms with van der Waals surface area (Å²) in [5.41, 5.74) is 2.99. The van der Waals surface area contributed by atoms with Gasteiger partial charge in [0.05, 0.1) is 22.1 Å². The molecule has 0 aliphatic heterocycles. The molecule has 0 aromatic carbocycles. The standard InChI is InChI=1S/C11H14N4S/c1-8-3-14-10(6-13-8)4-12-5-11-7-16-9(2)15-11/h3,6-7,12H,4-5H2,1-2H3. The molecule has 0 saturated carbocycles. The first-order valence-electron chi connectivity index (χ1n) is 5.13. The van der Waals surface area contributed by atoms with Gasteiger partial charge in [0.15, 0.2) is 0 Å². The van der Waals surface area contributed by atoms with Gasteiger partial charge in [0.2, 0.25) is 0 Å². The Morgan fingerprint density at radius 1 is 1.12 bits per heavy atom. The van der Waals surface area contributed by atoms with Crippen LogP contribution in [0.3, 0.4) is 0 Å². The van der Waals surface area contributed by atoms with Gasteiger partial charge in [-0.3, -0.25) is 9.97 Å². The van der Waals surface area contributed by atoms with Crippen molar-refractivity contribution in [1.82, 2.24) is 20.3 Å². The summed E-state index contributed by atoms with van der Waals surface area (Å²) >= 11 is 1.67. The monoisotopic (exact) mass is 234 g/mol. The first kappa shape index (κ1) is 11.2. The van der Waals surface area contributed by atoms with Gasteiger partial charge in [0.25, 0.3) is 0 Å². The number of nitrogens with one attached hydrogen (secondary N) is 1. The van der Waals surface area contributed by atoms with Crippen molar-refractivity contribution in [3.8, 4) is 0 Å². The van der Waals surface area contributed by atoms with Gasteiger partial charge in [-0.25, -0.2) is 4.98 Å². The third kappa shape index (κ3) is 3.08. The number of hydrogen-bond acceptors (Lipinski definition) is 5. The van der Waals surface area contributed by atoms with Crippen LogP contribution < -0.4 is 5.32 Å². The summed E-state index contributed by atoms with van der Waals surface area (Å²) in [6.07, 6.45) is 3.58. The molecule has 1 N–H and O–H groups in total. The maximum atomic E-state index is 4.38. The van der Waals surface area contributed by atoms with E-state index < -0.39 is 0 Å². The third-order valence-electron chi connectivity index (χ3n) is 2.11. The maximum absolute atomic E-state index is 4.38. The Labute approximate surface area is 98.8 Å². The van der Waals surface area contributed by atoms with E-state index in [1.807, 2.05) is 13.8 Å². The zero-order valence-corrected chi connectivity index (χ0v) is 10.2. The molecule has 2 aromatic heterocycles. The molecule has 0 aliphatic carbocycles. The molecule has 0 aliphatic rings. The highest BCUT2D eigenvalue weighted by Crippen LogP contribution is 2.07. The normalized spacial score (nSPS) is 10.6. The minimum absolute atomic E-state index is 0.726. The summed E-state index contributed by atoms with van der Waals surface area (Å²) in [5.74, 6) is 0. The Kier molecular flexibility index (Phi) is 3.58. The van der Waals surface area contributed by atoms with Crippen molar-refractivity contribution in [3.05, 3.63) is 39.9 Å². The molecule has 16 heavy (non-hydrogen) atoms. The first-order valence-corrected chi connectivity index (χ1v) is 6.01. The van der Waals surface area contributed by atoms with Crippen molar-refractivity contribution in [3.63, 3.8) is 0 Å². The van der Waals surface area contributed by atoms with Crippen molar-refractivity contribution < 1.29 is 0 Å². The zero-order valence-electron chi connectivity index (χ0n) is 9.40. The van der Waals surface area contributed by atoms with Gasteiger partial charge >= 0.3 is 0 Å². The van der Waals surface area contributed by atoms with Crippen LogP contribution >= 0.6 is 11.3 Å². The van der Waals surface area contributed by atoms with E-state index in [0.717, 1.165) is 35.2 Å². The zero-order chi connectivity index (χ0) is 11.4. The van der Waals surface area contributed by atoms with Gasteiger partial charge in [0.1, 0.15) is 0 Å². The molecule has 0 spiro atoms. The summed E-state index contributed by atoms with van der Waals surface area (Å²) in [6.45, 7) is 5.45. The fraction of sp³-hybridized carbons (Fsp3) is 0.364. The second kappa shape index (κ2) is 5.14. The van der Waals surface area contributed by atoms with Gasteiger partial charge in [0, 0.05) is 30.9 Å². The van der Waals surface area contributed by atoms with E-state index in [9.17, 15) is 0 Å². The topological polar surface area (TPSA) is 50.7 Å². The van der Waals surface area contributed by atoms with E-state index in [0.29, 0.717) is 0 Å². The average molecular weight is 234 g/mol. The molecule has 84 valence electrons. The Balaban J connectivity index is 1.82. The summed E-state index contributed by atoms with van der Waals surface area (Å²) < 4.78 is 0. The predicted molar refractivity (Wildman–Crippen MR) is 64.2 cm³/mol. The number of hydrogen-bond donors (Lipinski definition) is 1. The van der Waals surface area contributed by atoms with E-state index in [2.05, 4.69) is 25.6 Å². The number of rotatable bonds is 4. The van der Waals surface area contributed by atoms with Crippen LogP contribution in [0.5, 0.6) is 0 Å². The minimum atomic E-state index is 0.726. The lowest BCUT2D eigenvalue weighted by Crippen LogP contribution is -2.14. The highest BCUT2D eigenvalue weighted by atomic mass is 32.1. The first-order chi connectivity index (χ1) is 7.74. The molecular weight excluding hydrogens is 220 g/mol. The second-order valence-electron chi connectivity index (χ2n) is 3.61. The Morgan fingerprint density at radius 2 is 1.94 bits per heavy atom. The van der Waals surface area contributed by atoms with E-state index in [1.165, 1.54) is 0 Å². The predicted octanol–water partition coefficient (Wildman–Crippen LogP) is 1.84. The number of thiazole rings is 1. The van der Waals surface area contributed by atoms with Crippen molar-refractivity contribution in [1.29, 1.82) is 0 Å². The van der Waals surface area contributed by atoms with Crippen molar-refractivity contribution in [2.75, 3.05) is 0 Å². The largest absolute Gasteiger partial charge is 0.305 e. The molecule has 0 fully saturated rings. The molecule has 2 aromatic rings. The lowest BCUT2D eigenvalue weighted by molar-refractivity contribution is 0.666. The molecule has 2 heterocycles. The van der Waals surface area contributed by atoms with Gasteiger partial charge in [-0.2, -0.15) is 0 Å². The van der Waals surface area contributed by atoms with Crippen LogP contribution in [0, 0.1) is 13.8 Å². The second-order valence-corrected chi connectivity index (χ2v) is 4.67. The molecule has 0 atom stereocenters. The quantitative estimate of drug-likeness (QED) is 0.877. The van der Waals surface area contributed by atoms with E-state index >= 15 is 0 Å². The average Bonchev–Trinajstić information content (AvgIpc) is 2.67. The SMILES string of the molecule is Cc1cnc(CNCc2csc(C)n2)cn1. The van der Waals surface area contributed by atoms with Crippen molar-refractivity contribution in [2.24, 2.45) is 0 Å². The third-order valence-corrected chi connectivity index (χ3v) is 2.94. The molecule has 0 radical (unpaired) electrons. The van der Waals surface area contributed by atoms with Gasteiger partial charge < -0.3 is 5.32 Å². The van der Waals surface area contributed by atoms with Crippen molar-refractivity contribution >= 4 is 11.3 Å². The van der Waals surface area contributed by atoms with Crippen LogP contribution in [-0.4, -0.2) is 15.0 Å². The van der Waals surface area contributed by atoms with Crippen LogP contribution in [0.15, 0.2) is 17.8 Å².